The van der Waals surface area contributed by atoms with Crippen LogP contribution in [0.4, 0.5) is 13.2 Å². The van der Waals surface area contributed by atoms with E-state index in [1.54, 1.807) is 0 Å². The molecule has 0 spiro atoms. The van der Waals surface area contributed by atoms with Gasteiger partial charge in [-0.1, -0.05) is 31.5 Å². The van der Waals surface area contributed by atoms with E-state index in [0.29, 0.717) is 0 Å². The van der Waals surface area contributed by atoms with E-state index in [9.17, 15) is 13.2 Å². The van der Waals surface area contributed by atoms with Crippen LogP contribution >= 0.6 is 0 Å². The summed E-state index contributed by atoms with van der Waals surface area (Å²) < 4.78 is 60.3. The first-order valence-electron chi connectivity index (χ1n) is 5.36. The summed E-state index contributed by atoms with van der Waals surface area (Å²) in [5.74, 6) is 0. The Morgan fingerprint density at radius 3 is 2.11 bits per heavy atom. The minimum absolute atomic E-state index is 1.24. The topological polar surface area (TPSA) is 57.2 Å². The summed E-state index contributed by atoms with van der Waals surface area (Å²) >= 11 is 2.11. The van der Waals surface area contributed by atoms with Gasteiger partial charge in [-0.2, -0.15) is 13.2 Å². The summed E-state index contributed by atoms with van der Waals surface area (Å²) in [5, 5.41) is 0. The average molecular weight is 410 g/mol. The highest BCUT2D eigenvalue weighted by molar-refractivity contribution is 7.86. The first-order chi connectivity index (χ1) is 8.59. The fourth-order valence-electron chi connectivity index (χ4n) is 1.08. The molecule has 0 aliphatic rings. The standard InChI is InChI=1S/C10H14I.CHF3O3S/c1-2-3-6-9-7-4-5-8-10(9)11;2-1(3,4)8(5,6)7/h4-5,7-8,11H,2-3,6H2,1H3;(H,5,6,7)/q+1;/p-1. The molecule has 1 aromatic carbocycles. The van der Waals surface area contributed by atoms with E-state index in [1.165, 1.54) is 28.4 Å². The van der Waals surface area contributed by atoms with Crippen molar-refractivity contribution in [2.45, 2.75) is 31.7 Å². The summed E-state index contributed by atoms with van der Waals surface area (Å²) in [6, 6.07) is 8.65. The van der Waals surface area contributed by atoms with Gasteiger partial charge in [0.25, 0.3) is 22.6 Å². The first kappa shape index (κ1) is 18.7. The smallest absolute Gasteiger partial charge is 0.485 e. The lowest BCUT2D eigenvalue weighted by Crippen LogP contribution is -3.34. The highest BCUT2D eigenvalue weighted by atomic mass is 127. The molecule has 0 aliphatic carbocycles. The van der Waals surface area contributed by atoms with Crippen molar-refractivity contribution in [1.82, 2.24) is 0 Å². The van der Waals surface area contributed by atoms with E-state index < -0.39 is 15.6 Å². The van der Waals surface area contributed by atoms with Gasteiger partial charge in [0.05, 0.1) is 0 Å². The van der Waals surface area contributed by atoms with E-state index >= 15 is 0 Å². The first-order valence-corrected chi connectivity index (χ1v) is 7.94. The average Bonchev–Trinajstić information content (AvgIpc) is 2.26. The van der Waals surface area contributed by atoms with Gasteiger partial charge in [0.1, 0.15) is 0 Å². The fraction of sp³-hybridized carbons (Fsp3) is 0.455. The molecule has 0 heterocycles. The molecule has 8 heteroatoms. The van der Waals surface area contributed by atoms with E-state index in [1.807, 2.05) is 0 Å². The van der Waals surface area contributed by atoms with Crippen LogP contribution in [-0.2, 0) is 16.5 Å². The quantitative estimate of drug-likeness (QED) is 0.385. The van der Waals surface area contributed by atoms with E-state index in [4.69, 9.17) is 13.0 Å². The van der Waals surface area contributed by atoms with Crippen LogP contribution in [0.2, 0.25) is 0 Å². The van der Waals surface area contributed by atoms with Gasteiger partial charge in [-0.25, -0.2) is 8.42 Å². The molecule has 0 bridgehead atoms. The number of aryl methyl sites for hydroxylation is 1. The van der Waals surface area contributed by atoms with Gasteiger partial charge in [-0.3, -0.25) is 0 Å². The van der Waals surface area contributed by atoms with Gasteiger partial charge in [-0.15, -0.1) is 0 Å². The number of hydrogen-bond donors (Lipinski definition) is 0. The van der Waals surface area contributed by atoms with Crippen LogP contribution < -0.4 is 22.6 Å². The summed E-state index contributed by atoms with van der Waals surface area (Å²) in [6.07, 6.45) is 3.84. The highest BCUT2D eigenvalue weighted by Crippen LogP contribution is 2.20. The van der Waals surface area contributed by atoms with Crippen LogP contribution in [0.5, 0.6) is 0 Å². The minimum atomic E-state index is -6.09. The Kier molecular flexibility index (Phi) is 7.90. The predicted molar refractivity (Wildman–Crippen MR) is 60.9 cm³/mol. The molecule has 0 atom stereocenters. The lowest BCUT2D eigenvalue weighted by molar-refractivity contribution is -0.329. The minimum Gasteiger partial charge on any atom is -0.741 e. The second-order valence-electron chi connectivity index (χ2n) is 3.61. The Hall–Kier alpha value is -0.350. The van der Waals surface area contributed by atoms with Crippen molar-refractivity contribution in [2.75, 3.05) is 0 Å². The van der Waals surface area contributed by atoms with Crippen molar-refractivity contribution < 1.29 is 48.7 Å². The van der Waals surface area contributed by atoms with Crippen molar-refractivity contribution in [1.29, 1.82) is 0 Å². The molecule has 0 unspecified atom stereocenters. The maximum absolute atomic E-state index is 10.7. The SMILES string of the molecule is CCCCc1ccccc1[IH+].O=S(=O)([O-])C(F)(F)F. The van der Waals surface area contributed by atoms with Crippen LogP contribution in [0.3, 0.4) is 0 Å². The second-order valence-corrected chi connectivity index (χ2v) is 6.24. The van der Waals surface area contributed by atoms with Gasteiger partial charge in [0, 0.05) is 5.56 Å². The molecule has 0 N–H and O–H groups in total. The van der Waals surface area contributed by atoms with Crippen LogP contribution in [0.1, 0.15) is 25.3 Å². The number of unbranched alkanes of at least 4 members (excludes halogenated alkanes) is 1. The Bertz CT molecular complexity index is 486. The van der Waals surface area contributed by atoms with Crippen LogP contribution in [-0.4, -0.2) is 18.5 Å². The monoisotopic (exact) mass is 410 g/mol. The number of hydrogen-bond acceptors (Lipinski definition) is 3. The molecule has 0 amide bonds. The molecular weight excluding hydrogens is 396 g/mol. The molecule has 0 saturated heterocycles. The van der Waals surface area contributed by atoms with Crippen molar-refractivity contribution in [3.63, 3.8) is 0 Å². The maximum atomic E-state index is 10.7. The van der Waals surface area contributed by atoms with E-state index in [2.05, 4.69) is 53.8 Å². The van der Waals surface area contributed by atoms with Gasteiger partial charge >= 0.3 is 5.51 Å². The molecule has 0 aromatic heterocycles. The number of benzene rings is 1. The van der Waals surface area contributed by atoms with Gasteiger partial charge in [0.15, 0.2) is 13.7 Å². The molecular formula is C11H14F3IO3S. The fourth-order valence-corrected chi connectivity index (χ4v) is 1.79. The summed E-state index contributed by atoms with van der Waals surface area (Å²) in [4.78, 5) is 0. The highest BCUT2D eigenvalue weighted by Gasteiger charge is 2.36. The molecule has 0 aliphatic heterocycles. The normalized spacial score (nSPS) is 11.7. The van der Waals surface area contributed by atoms with Crippen molar-refractivity contribution in [3.05, 3.63) is 33.4 Å². The van der Waals surface area contributed by atoms with Crippen molar-refractivity contribution >= 4 is 10.1 Å². The molecule has 3 nitrogen and oxygen atoms in total. The Morgan fingerprint density at radius 2 is 1.74 bits per heavy atom. The molecule has 0 saturated carbocycles. The molecule has 110 valence electrons. The Morgan fingerprint density at radius 1 is 1.26 bits per heavy atom. The summed E-state index contributed by atoms with van der Waals surface area (Å²) in [6.45, 7) is 2.24. The second kappa shape index (κ2) is 8.05. The lowest BCUT2D eigenvalue weighted by Gasteiger charge is -2.08. The largest absolute Gasteiger partial charge is 0.741 e. The van der Waals surface area contributed by atoms with Crippen LogP contribution in [0, 0.1) is 3.57 Å². The van der Waals surface area contributed by atoms with Crippen LogP contribution in [0.15, 0.2) is 24.3 Å². The number of alkyl halides is 3. The number of halogens is 4. The summed E-state index contributed by atoms with van der Waals surface area (Å²) in [5.41, 5.74) is -4.13. The third-order valence-electron chi connectivity index (χ3n) is 2.06. The molecule has 1 rings (SSSR count). The zero-order valence-corrected chi connectivity index (χ0v) is 13.3. The zero-order chi connectivity index (χ0) is 15.1. The molecule has 0 radical (unpaired) electrons. The predicted octanol–water partition coefficient (Wildman–Crippen LogP) is -0.464. The third-order valence-corrected chi connectivity index (χ3v) is 3.76. The Labute approximate surface area is 124 Å². The van der Waals surface area contributed by atoms with Gasteiger partial charge in [0.2, 0.25) is 0 Å². The maximum Gasteiger partial charge on any atom is 0.485 e. The van der Waals surface area contributed by atoms with Gasteiger partial charge < -0.3 is 4.55 Å². The molecule has 19 heavy (non-hydrogen) atoms. The Balaban J connectivity index is 0.000000362. The molecule has 0 fully saturated rings. The van der Waals surface area contributed by atoms with Gasteiger partial charge in [-0.05, 0) is 18.9 Å². The van der Waals surface area contributed by atoms with Crippen molar-refractivity contribution in [3.8, 4) is 0 Å². The lowest BCUT2D eigenvalue weighted by atomic mass is 10.1. The molecule has 1 aromatic rings. The third kappa shape index (κ3) is 7.73. The van der Waals surface area contributed by atoms with E-state index in [-0.39, 0.29) is 0 Å². The van der Waals surface area contributed by atoms with E-state index in [0.717, 1.165) is 0 Å². The zero-order valence-electron chi connectivity index (χ0n) is 10.1. The van der Waals surface area contributed by atoms with Crippen molar-refractivity contribution in [2.24, 2.45) is 0 Å². The van der Waals surface area contributed by atoms with Crippen LogP contribution in [0.25, 0.3) is 0 Å². The summed E-state index contributed by atoms with van der Waals surface area (Å²) in [7, 11) is -6.09. The number of rotatable bonds is 3.